The van der Waals surface area contributed by atoms with E-state index >= 15 is 0 Å². The quantitative estimate of drug-likeness (QED) is 0.801. The average molecular weight is 253 g/mol. The van der Waals surface area contributed by atoms with Gasteiger partial charge in [-0.05, 0) is 38.8 Å². The first-order chi connectivity index (χ1) is 8.65. The molecule has 1 amide bonds. The Balaban J connectivity index is 1.91. The third-order valence-corrected chi connectivity index (χ3v) is 4.31. The Hall–Kier alpha value is -0.610. The van der Waals surface area contributed by atoms with Crippen LogP contribution in [0.15, 0.2) is 0 Å². The van der Waals surface area contributed by atoms with Gasteiger partial charge >= 0.3 is 0 Å². The van der Waals surface area contributed by atoms with Crippen LogP contribution in [-0.4, -0.2) is 54.1 Å². The van der Waals surface area contributed by atoms with E-state index in [0.29, 0.717) is 11.8 Å². The van der Waals surface area contributed by atoms with E-state index in [-0.39, 0.29) is 12.2 Å². The van der Waals surface area contributed by atoms with Gasteiger partial charge in [-0.15, -0.1) is 0 Å². The van der Waals surface area contributed by atoms with Crippen molar-refractivity contribution >= 4 is 5.91 Å². The Morgan fingerprint density at radius 1 is 1.39 bits per heavy atom. The fourth-order valence-corrected chi connectivity index (χ4v) is 3.21. The summed E-state index contributed by atoms with van der Waals surface area (Å²) in [5.41, 5.74) is 0. The molecule has 0 aromatic carbocycles. The van der Waals surface area contributed by atoms with Crippen molar-refractivity contribution in [3.8, 4) is 0 Å². The molecule has 2 rings (SSSR count). The van der Waals surface area contributed by atoms with Crippen LogP contribution in [0.4, 0.5) is 0 Å². The average Bonchev–Trinajstić information content (AvgIpc) is 2.91. The van der Waals surface area contributed by atoms with E-state index in [2.05, 4.69) is 29.0 Å². The Bertz CT molecular complexity index is 295. The minimum absolute atomic E-state index is 0.00484. The number of hydrogen-bond donors (Lipinski definition) is 1. The number of amides is 1. The summed E-state index contributed by atoms with van der Waals surface area (Å²) in [5.74, 6) is 0.962. The smallest absolute Gasteiger partial charge is 0.240 e. The predicted octanol–water partition coefficient (Wildman–Crippen LogP) is 1.27. The van der Waals surface area contributed by atoms with Gasteiger partial charge in [-0.2, -0.15) is 0 Å². The molecule has 2 heterocycles. The Morgan fingerprint density at radius 2 is 2.17 bits per heavy atom. The van der Waals surface area contributed by atoms with E-state index in [1.165, 1.54) is 13.0 Å². The van der Waals surface area contributed by atoms with Crippen LogP contribution in [0, 0.1) is 5.92 Å². The molecule has 18 heavy (non-hydrogen) atoms. The van der Waals surface area contributed by atoms with E-state index in [1.807, 2.05) is 6.92 Å². The number of hydrogen-bond acceptors (Lipinski definition) is 3. The molecule has 104 valence electrons. The first-order valence-electron chi connectivity index (χ1n) is 7.44. The maximum atomic E-state index is 12.2. The van der Waals surface area contributed by atoms with Crippen LogP contribution in [-0.2, 0) is 4.79 Å². The largest absolute Gasteiger partial charge is 0.325 e. The maximum Gasteiger partial charge on any atom is 0.240 e. The first-order valence-corrected chi connectivity index (χ1v) is 7.44. The summed E-state index contributed by atoms with van der Waals surface area (Å²) in [7, 11) is 0. The summed E-state index contributed by atoms with van der Waals surface area (Å²) < 4.78 is 0. The van der Waals surface area contributed by atoms with E-state index in [1.54, 1.807) is 0 Å². The van der Waals surface area contributed by atoms with Gasteiger partial charge in [-0.3, -0.25) is 10.1 Å². The molecule has 1 N–H and O–H groups in total. The molecule has 2 fully saturated rings. The van der Waals surface area contributed by atoms with Crippen LogP contribution < -0.4 is 5.32 Å². The van der Waals surface area contributed by atoms with Gasteiger partial charge in [-0.1, -0.05) is 20.3 Å². The maximum absolute atomic E-state index is 12.2. The Kier molecular flexibility index (Phi) is 4.62. The molecule has 0 spiro atoms. The topological polar surface area (TPSA) is 35.6 Å². The highest BCUT2D eigenvalue weighted by Crippen LogP contribution is 2.22. The highest BCUT2D eigenvalue weighted by molar-refractivity contribution is 5.83. The highest BCUT2D eigenvalue weighted by atomic mass is 16.2. The molecule has 0 radical (unpaired) electrons. The Morgan fingerprint density at radius 3 is 2.78 bits per heavy atom. The van der Waals surface area contributed by atoms with Crippen molar-refractivity contribution < 1.29 is 4.79 Å². The number of carbonyl (C=O) groups is 1. The zero-order valence-electron chi connectivity index (χ0n) is 12.0. The van der Waals surface area contributed by atoms with Crippen LogP contribution >= 0.6 is 0 Å². The summed E-state index contributed by atoms with van der Waals surface area (Å²) >= 11 is 0. The molecule has 0 aliphatic carbocycles. The number of nitrogens with zero attached hydrogens (tertiary/aromatic N) is 2. The SMILES string of the molecule is CCCC1NC(C)C(=O)N1CC1CCN(CC)C1. The Labute approximate surface area is 111 Å². The van der Waals surface area contributed by atoms with Gasteiger partial charge in [0.1, 0.15) is 0 Å². The zero-order chi connectivity index (χ0) is 13.1. The number of likely N-dealkylation sites (tertiary alicyclic amines) is 1. The molecule has 3 unspecified atom stereocenters. The van der Waals surface area contributed by atoms with Crippen LogP contribution in [0.3, 0.4) is 0 Å². The second kappa shape index (κ2) is 6.02. The summed E-state index contributed by atoms with van der Waals surface area (Å²) in [6, 6.07) is 0.00484. The van der Waals surface area contributed by atoms with Gasteiger partial charge in [0.2, 0.25) is 5.91 Å². The molecule has 0 aromatic heterocycles. The second-order valence-corrected chi connectivity index (χ2v) is 5.73. The van der Waals surface area contributed by atoms with Crippen molar-refractivity contribution in [3.63, 3.8) is 0 Å². The fraction of sp³-hybridized carbons (Fsp3) is 0.929. The van der Waals surface area contributed by atoms with E-state index in [4.69, 9.17) is 0 Å². The van der Waals surface area contributed by atoms with Crippen molar-refractivity contribution in [3.05, 3.63) is 0 Å². The lowest BCUT2D eigenvalue weighted by Gasteiger charge is -2.27. The first kappa shape index (κ1) is 13.8. The zero-order valence-corrected chi connectivity index (χ0v) is 12.0. The molecular weight excluding hydrogens is 226 g/mol. The molecule has 2 aliphatic rings. The van der Waals surface area contributed by atoms with Crippen LogP contribution in [0.1, 0.15) is 40.0 Å². The predicted molar refractivity (Wildman–Crippen MR) is 73.2 cm³/mol. The van der Waals surface area contributed by atoms with Crippen molar-refractivity contribution in [2.24, 2.45) is 5.92 Å². The van der Waals surface area contributed by atoms with Crippen molar-refractivity contribution in [2.45, 2.75) is 52.2 Å². The molecule has 0 bridgehead atoms. The van der Waals surface area contributed by atoms with E-state index in [9.17, 15) is 4.79 Å². The van der Waals surface area contributed by atoms with Gasteiger partial charge < -0.3 is 9.80 Å². The van der Waals surface area contributed by atoms with E-state index < -0.39 is 0 Å². The molecule has 0 saturated carbocycles. The van der Waals surface area contributed by atoms with Crippen molar-refractivity contribution in [2.75, 3.05) is 26.2 Å². The number of nitrogens with one attached hydrogen (secondary N) is 1. The summed E-state index contributed by atoms with van der Waals surface area (Å²) in [6.45, 7) is 10.8. The summed E-state index contributed by atoms with van der Waals surface area (Å²) in [6.07, 6.45) is 3.71. The lowest BCUT2D eigenvalue weighted by Crippen LogP contribution is -2.40. The number of rotatable bonds is 5. The summed E-state index contributed by atoms with van der Waals surface area (Å²) in [5, 5.41) is 3.42. The van der Waals surface area contributed by atoms with E-state index in [0.717, 1.165) is 32.5 Å². The van der Waals surface area contributed by atoms with Crippen molar-refractivity contribution in [1.29, 1.82) is 0 Å². The van der Waals surface area contributed by atoms with Crippen LogP contribution in [0.25, 0.3) is 0 Å². The third-order valence-electron chi connectivity index (χ3n) is 4.31. The van der Waals surface area contributed by atoms with Gasteiger partial charge in [0.25, 0.3) is 0 Å². The minimum Gasteiger partial charge on any atom is -0.325 e. The molecule has 4 heteroatoms. The normalized spacial score (nSPS) is 33.6. The molecule has 2 aliphatic heterocycles. The van der Waals surface area contributed by atoms with Gasteiger partial charge in [-0.25, -0.2) is 0 Å². The summed E-state index contributed by atoms with van der Waals surface area (Å²) in [4.78, 5) is 16.8. The van der Waals surface area contributed by atoms with Gasteiger partial charge in [0.05, 0.1) is 12.2 Å². The number of carbonyl (C=O) groups excluding carboxylic acids is 1. The molecule has 0 aromatic rings. The lowest BCUT2D eigenvalue weighted by molar-refractivity contribution is -0.130. The van der Waals surface area contributed by atoms with Crippen LogP contribution in [0.5, 0.6) is 0 Å². The third kappa shape index (κ3) is 2.86. The highest BCUT2D eigenvalue weighted by Gasteiger charge is 2.37. The molecule has 2 saturated heterocycles. The van der Waals surface area contributed by atoms with Gasteiger partial charge in [0.15, 0.2) is 0 Å². The minimum atomic E-state index is 0.00484. The molecular formula is C14H27N3O. The fourth-order valence-electron chi connectivity index (χ4n) is 3.21. The lowest BCUT2D eigenvalue weighted by atomic mass is 10.1. The second-order valence-electron chi connectivity index (χ2n) is 5.73. The van der Waals surface area contributed by atoms with Crippen LogP contribution in [0.2, 0.25) is 0 Å². The van der Waals surface area contributed by atoms with Gasteiger partial charge in [0, 0.05) is 13.1 Å². The molecule has 4 nitrogen and oxygen atoms in total. The molecule has 3 atom stereocenters. The monoisotopic (exact) mass is 253 g/mol. The van der Waals surface area contributed by atoms with Crippen molar-refractivity contribution in [1.82, 2.24) is 15.1 Å². The standard InChI is InChI=1S/C14H27N3O/c1-4-6-13-15-11(3)14(18)17(13)10-12-7-8-16(5-2)9-12/h11-13,15H,4-10H2,1-3H3.